The molecule has 1 heterocycles. The highest BCUT2D eigenvalue weighted by Crippen LogP contribution is 2.17. The summed E-state index contributed by atoms with van der Waals surface area (Å²) in [6.07, 6.45) is -0.255. The van der Waals surface area contributed by atoms with E-state index in [4.69, 9.17) is 9.84 Å². The van der Waals surface area contributed by atoms with Crippen LogP contribution < -0.4 is 0 Å². The maximum atomic E-state index is 13.1. The molecule has 1 saturated heterocycles. The average molecular weight is 285 g/mol. The minimum absolute atomic E-state index is 0.0128. The number of carboxylic acid groups (broad SMARTS) is 1. The number of benzene rings is 1. The first-order chi connectivity index (χ1) is 9.49. The number of aliphatic carboxylic acids is 1. The van der Waals surface area contributed by atoms with E-state index in [2.05, 4.69) is 0 Å². The van der Waals surface area contributed by atoms with E-state index in [1.54, 1.807) is 0 Å². The smallest absolute Gasteiger partial charge is 0.305 e. The molecule has 0 aromatic heterocycles. The molecule has 0 saturated carbocycles. The monoisotopic (exact) mass is 285 g/mol. The summed E-state index contributed by atoms with van der Waals surface area (Å²) in [5.74, 6) is -3.73. The van der Waals surface area contributed by atoms with Gasteiger partial charge in [0, 0.05) is 12.1 Å². The van der Waals surface area contributed by atoms with Crippen LogP contribution in [0.4, 0.5) is 8.78 Å². The second-order valence-electron chi connectivity index (χ2n) is 4.45. The average Bonchev–Trinajstić information content (AvgIpc) is 2.41. The summed E-state index contributed by atoms with van der Waals surface area (Å²) in [7, 11) is 0. The van der Waals surface area contributed by atoms with Gasteiger partial charge in [-0.3, -0.25) is 9.59 Å². The molecule has 1 aromatic carbocycles. The van der Waals surface area contributed by atoms with Crippen LogP contribution in [0.2, 0.25) is 0 Å². The molecule has 20 heavy (non-hydrogen) atoms. The molecule has 0 spiro atoms. The summed E-state index contributed by atoms with van der Waals surface area (Å²) < 4.78 is 31.2. The Kier molecular flexibility index (Phi) is 4.29. The quantitative estimate of drug-likeness (QED) is 0.908. The van der Waals surface area contributed by atoms with E-state index in [9.17, 15) is 18.4 Å². The maximum absolute atomic E-state index is 13.1. The van der Waals surface area contributed by atoms with Gasteiger partial charge in [-0.15, -0.1) is 0 Å². The largest absolute Gasteiger partial charge is 0.481 e. The van der Waals surface area contributed by atoms with Crippen molar-refractivity contribution >= 4 is 11.9 Å². The molecular formula is C13H13F2NO4. The molecule has 7 heteroatoms. The first-order valence-corrected chi connectivity index (χ1v) is 6.04. The van der Waals surface area contributed by atoms with Crippen LogP contribution in [0.25, 0.3) is 0 Å². The van der Waals surface area contributed by atoms with E-state index in [0.29, 0.717) is 0 Å². The van der Waals surface area contributed by atoms with Crippen molar-refractivity contribution in [3.05, 3.63) is 35.4 Å². The molecule has 0 bridgehead atoms. The van der Waals surface area contributed by atoms with Gasteiger partial charge >= 0.3 is 5.97 Å². The molecule has 1 aliphatic heterocycles. The van der Waals surface area contributed by atoms with Crippen LogP contribution in [-0.2, 0) is 9.53 Å². The SMILES string of the molecule is O=C(O)CC1COCCN1C(=O)c1ccc(F)c(F)c1. The number of carboxylic acids is 1. The number of morpholine rings is 1. The molecule has 1 atom stereocenters. The number of nitrogens with zero attached hydrogens (tertiary/aromatic N) is 1. The van der Waals surface area contributed by atoms with Crippen LogP contribution in [0.3, 0.4) is 0 Å². The summed E-state index contributed by atoms with van der Waals surface area (Å²) in [6, 6.07) is 2.25. The van der Waals surface area contributed by atoms with Crippen molar-refractivity contribution in [3.8, 4) is 0 Å². The van der Waals surface area contributed by atoms with Gasteiger partial charge in [0.15, 0.2) is 11.6 Å². The molecule has 1 N–H and O–H groups in total. The predicted molar refractivity (Wildman–Crippen MR) is 64.3 cm³/mol. The van der Waals surface area contributed by atoms with Crippen molar-refractivity contribution in [2.24, 2.45) is 0 Å². The molecule has 1 aliphatic rings. The molecule has 0 radical (unpaired) electrons. The van der Waals surface area contributed by atoms with E-state index in [1.165, 1.54) is 11.0 Å². The minimum atomic E-state index is -1.11. The third kappa shape index (κ3) is 3.11. The third-order valence-electron chi connectivity index (χ3n) is 3.07. The molecule has 2 rings (SSSR count). The van der Waals surface area contributed by atoms with E-state index >= 15 is 0 Å². The highest BCUT2D eigenvalue weighted by Gasteiger charge is 2.30. The van der Waals surface area contributed by atoms with Gasteiger partial charge in [0.05, 0.1) is 25.7 Å². The molecule has 1 amide bonds. The number of carbonyl (C=O) groups is 2. The second kappa shape index (κ2) is 5.96. The van der Waals surface area contributed by atoms with Crippen molar-refractivity contribution in [3.63, 3.8) is 0 Å². The molecule has 1 unspecified atom stereocenters. The van der Waals surface area contributed by atoms with Gasteiger partial charge in [-0.05, 0) is 18.2 Å². The van der Waals surface area contributed by atoms with Crippen molar-refractivity contribution in [1.29, 1.82) is 0 Å². The molecule has 1 fully saturated rings. The van der Waals surface area contributed by atoms with Crippen molar-refractivity contribution in [2.75, 3.05) is 19.8 Å². The van der Waals surface area contributed by atoms with Crippen molar-refractivity contribution in [2.45, 2.75) is 12.5 Å². The first-order valence-electron chi connectivity index (χ1n) is 6.04. The van der Waals surface area contributed by atoms with Crippen LogP contribution >= 0.6 is 0 Å². The van der Waals surface area contributed by atoms with E-state index < -0.39 is 29.6 Å². The molecule has 0 aliphatic carbocycles. The Labute approximate surface area is 113 Å². The van der Waals surface area contributed by atoms with Crippen molar-refractivity contribution < 1.29 is 28.2 Å². The van der Waals surface area contributed by atoms with Crippen molar-refractivity contribution in [1.82, 2.24) is 4.90 Å². The number of rotatable bonds is 3. The maximum Gasteiger partial charge on any atom is 0.305 e. The van der Waals surface area contributed by atoms with E-state index in [1.807, 2.05) is 0 Å². The lowest BCUT2D eigenvalue weighted by atomic mass is 10.1. The highest BCUT2D eigenvalue weighted by atomic mass is 19.2. The number of hydrogen-bond donors (Lipinski definition) is 1. The third-order valence-corrected chi connectivity index (χ3v) is 3.07. The second-order valence-corrected chi connectivity index (χ2v) is 4.45. The number of carbonyl (C=O) groups excluding carboxylic acids is 1. The minimum Gasteiger partial charge on any atom is -0.481 e. The summed E-state index contributed by atoms with van der Waals surface area (Å²) in [6.45, 7) is 0.614. The number of hydrogen-bond acceptors (Lipinski definition) is 3. The lowest BCUT2D eigenvalue weighted by molar-refractivity contribution is -0.139. The lowest BCUT2D eigenvalue weighted by Gasteiger charge is -2.34. The lowest BCUT2D eigenvalue weighted by Crippen LogP contribution is -2.49. The van der Waals surface area contributed by atoms with E-state index in [-0.39, 0.29) is 31.7 Å². The summed E-state index contributed by atoms with van der Waals surface area (Å²) in [5, 5.41) is 8.81. The Bertz CT molecular complexity index is 535. The van der Waals surface area contributed by atoms with Gasteiger partial charge in [-0.25, -0.2) is 8.78 Å². The van der Waals surface area contributed by atoms with E-state index in [0.717, 1.165) is 12.1 Å². The number of ether oxygens (including phenoxy) is 1. The van der Waals surface area contributed by atoms with Gasteiger partial charge in [0.1, 0.15) is 0 Å². The fourth-order valence-corrected chi connectivity index (χ4v) is 2.09. The fourth-order valence-electron chi connectivity index (χ4n) is 2.09. The van der Waals surface area contributed by atoms with Gasteiger partial charge in [0.25, 0.3) is 5.91 Å². The van der Waals surface area contributed by atoms with Crippen LogP contribution in [-0.4, -0.2) is 47.7 Å². The van der Waals surface area contributed by atoms with Crippen LogP contribution in [0.5, 0.6) is 0 Å². The van der Waals surface area contributed by atoms with Gasteiger partial charge < -0.3 is 14.7 Å². The standard InChI is InChI=1S/C13H13F2NO4/c14-10-2-1-8(5-11(10)15)13(19)16-3-4-20-7-9(16)6-12(17)18/h1-2,5,9H,3-4,6-7H2,(H,17,18). The zero-order chi connectivity index (χ0) is 14.7. The van der Waals surface area contributed by atoms with Gasteiger partial charge in [-0.2, -0.15) is 0 Å². The Morgan fingerprint density at radius 3 is 2.75 bits per heavy atom. The molecule has 1 aromatic rings. The van der Waals surface area contributed by atoms with Crippen LogP contribution in [0.1, 0.15) is 16.8 Å². The summed E-state index contributed by atoms with van der Waals surface area (Å²) >= 11 is 0. The summed E-state index contributed by atoms with van der Waals surface area (Å²) in [5.41, 5.74) is -0.0128. The summed E-state index contributed by atoms with van der Waals surface area (Å²) in [4.78, 5) is 24.3. The van der Waals surface area contributed by atoms with Crippen LogP contribution in [0.15, 0.2) is 18.2 Å². The van der Waals surface area contributed by atoms with Gasteiger partial charge in [-0.1, -0.05) is 0 Å². The molecule has 108 valence electrons. The van der Waals surface area contributed by atoms with Gasteiger partial charge in [0.2, 0.25) is 0 Å². The Balaban J connectivity index is 2.20. The zero-order valence-electron chi connectivity index (χ0n) is 10.5. The van der Waals surface area contributed by atoms with Crippen LogP contribution in [0, 0.1) is 11.6 Å². The normalized spacial score (nSPS) is 18.9. The molecular weight excluding hydrogens is 272 g/mol. The highest BCUT2D eigenvalue weighted by molar-refractivity contribution is 5.94. The molecule has 5 nitrogen and oxygen atoms in total. The zero-order valence-corrected chi connectivity index (χ0v) is 10.5. The Morgan fingerprint density at radius 2 is 2.10 bits per heavy atom. The first kappa shape index (κ1) is 14.4. The topological polar surface area (TPSA) is 66.8 Å². The number of halogens is 2. The fraction of sp³-hybridized carbons (Fsp3) is 0.385. The number of amides is 1. The predicted octanol–water partition coefficient (Wildman–Crippen LogP) is 1.28. The Morgan fingerprint density at radius 1 is 1.35 bits per heavy atom. The Hall–Kier alpha value is -2.02.